The van der Waals surface area contributed by atoms with Crippen LogP contribution < -0.4 is 10.2 Å². The molecule has 108 valence electrons. The first-order chi connectivity index (χ1) is 10.1. The molecule has 0 unspecified atom stereocenters. The van der Waals surface area contributed by atoms with Crippen molar-refractivity contribution in [3.63, 3.8) is 0 Å². The SMILES string of the molecule is OB(O)c1ccc(OCc2ccc3c(c2)CCC3)cc1F. The second kappa shape index (κ2) is 5.88. The Balaban J connectivity index is 1.69. The van der Waals surface area contributed by atoms with Gasteiger partial charge in [-0.1, -0.05) is 24.3 Å². The summed E-state index contributed by atoms with van der Waals surface area (Å²) in [5.41, 5.74) is 3.69. The fourth-order valence-corrected chi connectivity index (χ4v) is 2.69. The lowest BCUT2D eigenvalue weighted by Crippen LogP contribution is -2.32. The highest BCUT2D eigenvalue weighted by atomic mass is 19.1. The zero-order valence-electron chi connectivity index (χ0n) is 11.6. The van der Waals surface area contributed by atoms with Crippen LogP contribution in [0, 0.1) is 5.82 Å². The Bertz CT molecular complexity index is 658. The van der Waals surface area contributed by atoms with E-state index in [0.717, 1.165) is 18.4 Å². The molecule has 0 fully saturated rings. The second-order valence-electron chi connectivity index (χ2n) is 5.30. The topological polar surface area (TPSA) is 49.7 Å². The van der Waals surface area contributed by atoms with Gasteiger partial charge in [-0.2, -0.15) is 0 Å². The van der Waals surface area contributed by atoms with Gasteiger partial charge < -0.3 is 14.8 Å². The molecule has 0 saturated heterocycles. The number of ether oxygens (including phenoxy) is 1. The molecule has 0 heterocycles. The van der Waals surface area contributed by atoms with Crippen molar-refractivity contribution in [2.75, 3.05) is 0 Å². The molecule has 0 saturated carbocycles. The lowest BCUT2D eigenvalue weighted by atomic mass is 9.80. The van der Waals surface area contributed by atoms with Crippen LogP contribution in [0.2, 0.25) is 0 Å². The largest absolute Gasteiger partial charge is 0.491 e. The number of hydrogen-bond donors (Lipinski definition) is 2. The van der Waals surface area contributed by atoms with Crippen molar-refractivity contribution >= 4 is 12.6 Å². The maximum absolute atomic E-state index is 13.6. The Kier molecular flexibility index (Phi) is 3.95. The summed E-state index contributed by atoms with van der Waals surface area (Å²) in [4.78, 5) is 0. The van der Waals surface area contributed by atoms with Crippen LogP contribution in [0.3, 0.4) is 0 Å². The van der Waals surface area contributed by atoms with Gasteiger partial charge in [-0.05, 0) is 42.0 Å². The normalized spacial score (nSPS) is 13.1. The number of halogens is 1. The molecule has 2 N–H and O–H groups in total. The summed E-state index contributed by atoms with van der Waals surface area (Å²) in [5, 5.41) is 17.9. The van der Waals surface area contributed by atoms with Gasteiger partial charge in [-0.25, -0.2) is 4.39 Å². The predicted molar refractivity (Wildman–Crippen MR) is 79.0 cm³/mol. The Morgan fingerprint density at radius 1 is 1.05 bits per heavy atom. The van der Waals surface area contributed by atoms with E-state index in [0.29, 0.717) is 12.4 Å². The number of aryl methyl sites for hydroxylation is 2. The molecule has 1 aliphatic rings. The van der Waals surface area contributed by atoms with Gasteiger partial charge in [-0.3, -0.25) is 0 Å². The quantitative estimate of drug-likeness (QED) is 0.839. The number of hydrogen-bond acceptors (Lipinski definition) is 3. The molecular formula is C16H16BFO3. The lowest BCUT2D eigenvalue weighted by molar-refractivity contribution is 0.304. The van der Waals surface area contributed by atoms with E-state index in [9.17, 15) is 4.39 Å². The maximum Gasteiger partial charge on any atom is 0.491 e. The summed E-state index contributed by atoms with van der Waals surface area (Å²) >= 11 is 0. The molecule has 0 amide bonds. The maximum atomic E-state index is 13.6. The first kappa shape index (κ1) is 14.1. The van der Waals surface area contributed by atoms with Crippen LogP contribution in [-0.4, -0.2) is 17.2 Å². The van der Waals surface area contributed by atoms with Crippen LogP contribution in [-0.2, 0) is 19.4 Å². The van der Waals surface area contributed by atoms with E-state index in [2.05, 4.69) is 12.1 Å². The van der Waals surface area contributed by atoms with Crippen molar-refractivity contribution < 1.29 is 19.2 Å². The van der Waals surface area contributed by atoms with Gasteiger partial charge in [0.2, 0.25) is 0 Å². The van der Waals surface area contributed by atoms with Crippen LogP contribution >= 0.6 is 0 Å². The van der Waals surface area contributed by atoms with E-state index in [4.69, 9.17) is 14.8 Å². The minimum absolute atomic E-state index is 0.153. The summed E-state index contributed by atoms with van der Waals surface area (Å²) in [7, 11) is -1.81. The fraction of sp³-hybridized carbons (Fsp3) is 0.250. The van der Waals surface area contributed by atoms with Gasteiger partial charge in [0.15, 0.2) is 0 Å². The Morgan fingerprint density at radius 3 is 2.62 bits per heavy atom. The summed E-state index contributed by atoms with van der Waals surface area (Å²) in [6.45, 7) is 0.369. The van der Waals surface area contributed by atoms with Crippen LogP contribution in [0.25, 0.3) is 0 Å². The highest BCUT2D eigenvalue weighted by Gasteiger charge is 2.17. The summed E-state index contributed by atoms with van der Waals surface area (Å²) in [6, 6.07) is 10.3. The minimum atomic E-state index is -1.81. The molecule has 0 bridgehead atoms. The molecule has 0 aromatic heterocycles. The molecule has 21 heavy (non-hydrogen) atoms. The third kappa shape index (κ3) is 3.09. The molecule has 0 atom stereocenters. The zero-order chi connectivity index (χ0) is 14.8. The van der Waals surface area contributed by atoms with E-state index < -0.39 is 12.9 Å². The summed E-state index contributed by atoms with van der Waals surface area (Å²) in [6.07, 6.45) is 3.46. The minimum Gasteiger partial charge on any atom is -0.489 e. The molecule has 0 radical (unpaired) electrons. The van der Waals surface area contributed by atoms with Crippen molar-refractivity contribution in [2.24, 2.45) is 0 Å². The molecule has 1 aliphatic carbocycles. The highest BCUT2D eigenvalue weighted by molar-refractivity contribution is 6.58. The van der Waals surface area contributed by atoms with Crippen LogP contribution in [0.1, 0.15) is 23.1 Å². The number of rotatable bonds is 4. The third-order valence-electron chi connectivity index (χ3n) is 3.82. The average Bonchev–Trinajstić information content (AvgIpc) is 2.92. The Morgan fingerprint density at radius 2 is 1.86 bits per heavy atom. The van der Waals surface area contributed by atoms with Crippen LogP contribution in [0.4, 0.5) is 4.39 Å². The van der Waals surface area contributed by atoms with Crippen molar-refractivity contribution in [1.82, 2.24) is 0 Å². The highest BCUT2D eigenvalue weighted by Crippen LogP contribution is 2.23. The van der Waals surface area contributed by atoms with Crippen molar-refractivity contribution in [3.05, 3.63) is 58.9 Å². The van der Waals surface area contributed by atoms with Crippen molar-refractivity contribution in [1.29, 1.82) is 0 Å². The van der Waals surface area contributed by atoms with Gasteiger partial charge in [-0.15, -0.1) is 0 Å². The van der Waals surface area contributed by atoms with Gasteiger partial charge in [0, 0.05) is 11.5 Å². The van der Waals surface area contributed by atoms with E-state index in [1.54, 1.807) is 0 Å². The van der Waals surface area contributed by atoms with Crippen molar-refractivity contribution in [2.45, 2.75) is 25.9 Å². The summed E-state index contributed by atoms with van der Waals surface area (Å²) < 4.78 is 19.2. The van der Waals surface area contributed by atoms with E-state index in [1.807, 2.05) is 6.07 Å². The smallest absolute Gasteiger partial charge is 0.489 e. The van der Waals surface area contributed by atoms with Gasteiger partial charge in [0.05, 0.1) is 0 Å². The predicted octanol–water partition coefficient (Wildman–Crippen LogP) is 1.57. The first-order valence-corrected chi connectivity index (χ1v) is 7.02. The first-order valence-electron chi connectivity index (χ1n) is 7.02. The Labute approximate surface area is 123 Å². The van der Waals surface area contributed by atoms with E-state index >= 15 is 0 Å². The number of benzene rings is 2. The molecular weight excluding hydrogens is 270 g/mol. The fourth-order valence-electron chi connectivity index (χ4n) is 2.69. The van der Waals surface area contributed by atoms with Crippen LogP contribution in [0.15, 0.2) is 36.4 Å². The van der Waals surface area contributed by atoms with Crippen LogP contribution in [0.5, 0.6) is 5.75 Å². The third-order valence-corrected chi connectivity index (χ3v) is 3.82. The second-order valence-corrected chi connectivity index (χ2v) is 5.30. The number of fused-ring (bicyclic) bond motifs is 1. The standard InChI is InChI=1S/C16H16BFO3/c18-16-9-14(6-7-15(16)17(19)20)21-10-11-4-5-12-2-1-3-13(12)8-11/h4-9,19-20H,1-3,10H2. The molecule has 3 rings (SSSR count). The molecule has 3 nitrogen and oxygen atoms in total. The monoisotopic (exact) mass is 286 g/mol. The van der Waals surface area contributed by atoms with Gasteiger partial charge in [0.25, 0.3) is 0 Å². The van der Waals surface area contributed by atoms with E-state index in [1.165, 1.54) is 35.7 Å². The molecule has 0 spiro atoms. The van der Waals surface area contributed by atoms with Gasteiger partial charge >= 0.3 is 7.12 Å². The van der Waals surface area contributed by atoms with E-state index in [-0.39, 0.29) is 5.46 Å². The lowest BCUT2D eigenvalue weighted by Gasteiger charge is -2.09. The molecule has 2 aromatic rings. The van der Waals surface area contributed by atoms with Gasteiger partial charge in [0.1, 0.15) is 18.2 Å². The summed E-state index contributed by atoms with van der Waals surface area (Å²) in [5.74, 6) is -0.311. The molecule has 2 aromatic carbocycles. The average molecular weight is 286 g/mol. The zero-order valence-corrected chi connectivity index (χ0v) is 11.6. The Hall–Kier alpha value is -1.85. The molecule has 5 heteroatoms. The molecule has 0 aliphatic heterocycles. The van der Waals surface area contributed by atoms with Crippen molar-refractivity contribution in [3.8, 4) is 5.75 Å².